The Morgan fingerprint density at radius 3 is 2.67 bits per heavy atom. The van der Waals surface area contributed by atoms with Crippen LogP contribution >= 0.6 is 0 Å². The molecule has 0 atom stereocenters. The van der Waals surface area contributed by atoms with Gasteiger partial charge in [0.1, 0.15) is 11.3 Å². The van der Waals surface area contributed by atoms with E-state index in [1.54, 1.807) is 19.2 Å². The normalized spacial score (nSPS) is 10.2. The predicted octanol–water partition coefficient (Wildman–Crippen LogP) is 1.11. The van der Waals surface area contributed by atoms with Crippen LogP contribution in [0.4, 0.5) is 5.69 Å². The Bertz CT molecular complexity index is 755. The van der Waals surface area contributed by atoms with E-state index in [1.165, 1.54) is 25.1 Å². The predicted molar refractivity (Wildman–Crippen MR) is 88.5 cm³/mol. The first kappa shape index (κ1) is 17.3. The summed E-state index contributed by atoms with van der Waals surface area (Å²) in [5.74, 6) is -0.0496. The lowest BCUT2D eigenvalue weighted by Gasteiger charge is -2.11. The van der Waals surface area contributed by atoms with Crippen molar-refractivity contribution in [3.8, 4) is 11.6 Å². The van der Waals surface area contributed by atoms with E-state index < -0.39 is 5.91 Å². The summed E-state index contributed by atoms with van der Waals surface area (Å²) < 4.78 is 11.7. The monoisotopic (exact) mass is 332 g/mol. The molecule has 0 fully saturated rings. The molecule has 0 saturated carbocycles. The average molecular weight is 332 g/mol. The Morgan fingerprint density at radius 2 is 2.00 bits per heavy atom. The number of ether oxygens (including phenoxy) is 2. The number of nitrogens with one attached hydrogen (secondary N) is 2. The third-order valence-corrected chi connectivity index (χ3v) is 3.27. The van der Waals surface area contributed by atoms with E-state index in [2.05, 4.69) is 15.7 Å². The molecular formula is C16H20N4O4. The minimum atomic E-state index is -0.439. The number of methoxy groups -OCH3 is 2. The number of aromatic nitrogens is 2. The smallest absolute Gasteiger partial charge is 0.258 e. The van der Waals surface area contributed by atoms with Gasteiger partial charge in [0.2, 0.25) is 11.8 Å². The minimum absolute atomic E-state index is 0.187. The van der Waals surface area contributed by atoms with Crippen molar-refractivity contribution in [1.82, 2.24) is 15.1 Å². The van der Waals surface area contributed by atoms with Crippen molar-refractivity contribution in [3.05, 3.63) is 35.5 Å². The van der Waals surface area contributed by atoms with Gasteiger partial charge in [-0.05, 0) is 24.6 Å². The van der Waals surface area contributed by atoms with Gasteiger partial charge in [0.25, 0.3) is 5.91 Å². The minimum Gasteiger partial charge on any atom is -0.495 e. The highest BCUT2D eigenvalue weighted by Crippen LogP contribution is 2.24. The van der Waals surface area contributed by atoms with E-state index in [9.17, 15) is 9.59 Å². The lowest BCUT2D eigenvalue weighted by molar-refractivity contribution is -0.115. The van der Waals surface area contributed by atoms with Gasteiger partial charge in [-0.1, -0.05) is 6.07 Å². The standard InChI is InChI=1S/C16H20N4O4/c1-10-5-6-13(23-3)12(7-10)18-14(21)8-17-15(22)11-9-20(2)19-16(11)24-4/h5-7,9H,8H2,1-4H3,(H,17,22)(H,18,21). The molecule has 128 valence electrons. The van der Waals surface area contributed by atoms with Gasteiger partial charge in [-0.15, -0.1) is 5.10 Å². The Morgan fingerprint density at radius 1 is 1.25 bits per heavy atom. The quantitative estimate of drug-likeness (QED) is 0.826. The van der Waals surface area contributed by atoms with Crippen LogP contribution in [0, 0.1) is 6.92 Å². The third-order valence-electron chi connectivity index (χ3n) is 3.27. The molecule has 8 heteroatoms. The molecule has 0 aliphatic rings. The largest absolute Gasteiger partial charge is 0.495 e. The maximum absolute atomic E-state index is 12.1. The Hall–Kier alpha value is -3.03. The molecule has 0 aliphatic heterocycles. The van der Waals surface area contributed by atoms with Crippen molar-refractivity contribution < 1.29 is 19.1 Å². The number of nitrogens with zero attached hydrogens (tertiary/aromatic N) is 2. The van der Waals surface area contributed by atoms with Crippen LogP contribution in [0.2, 0.25) is 0 Å². The zero-order chi connectivity index (χ0) is 17.7. The van der Waals surface area contributed by atoms with Crippen LogP contribution in [0.15, 0.2) is 24.4 Å². The second-order valence-corrected chi connectivity index (χ2v) is 5.16. The molecule has 0 unspecified atom stereocenters. The highest BCUT2D eigenvalue weighted by Gasteiger charge is 2.17. The molecule has 1 aromatic heterocycles. The van der Waals surface area contributed by atoms with Crippen molar-refractivity contribution >= 4 is 17.5 Å². The van der Waals surface area contributed by atoms with Crippen LogP contribution in [-0.4, -0.2) is 42.4 Å². The number of amides is 2. The molecule has 0 bridgehead atoms. The molecule has 2 rings (SSSR count). The van der Waals surface area contributed by atoms with Gasteiger partial charge in [-0.3, -0.25) is 14.3 Å². The van der Waals surface area contributed by atoms with Gasteiger partial charge in [0.15, 0.2) is 0 Å². The number of rotatable bonds is 6. The number of anilines is 1. The highest BCUT2D eigenvalue weighted by molar-refractivity contribution is 6.00. The van der Waals surface area contributed by atoms with E-state index in [0.717, 1.165) is 5.56 Å². The number of hydrogen-bond donors (Lipinski definition) is 2. The van der Waals surface area contributed by atoms with Crippen LogP contribution < -0.4 is 20.1 Å². The molecule has 0 aliphatic carbocycles. The highest BCUT2D eigenvalue weighted by atomic mass is 16.5. The topological polar surface area (TPSA) is 94.5 Å². The number of carbonyl (C=O) groups is 2. The Balaban J connectivity index is 1.98. The molecule has 0 radical (unpaired) electrons. The van der Waals surface area contributed by atoms with E-state index in [0.29, 0.717) is 11.4 Å². The van der Waals surface area contributed by atoms with Crippen molar-refractivity contribution in [2.24, 2.45) is 7.05 Å². The van der Waals surface area contributed by atoms with Gasteiger partial charge in [0.05, 0.1) is 26.5 Å². The van der Waals surface area contributed by atoms with E-state index in [-0.39, 0.29) is 23.9 Å². The molecule has 8 nitrogen and oxygen atoms in total. The van der Waals surface area contributed by atoms with Crippen LogP contribution in [0.3, 0.4) is 0 Å². The first-order chi connectivity index (χ1) is 11.4. The Labute approximate surface area is 139 Å². The second-order valence-electron chi connectivity index (χ2n) is 5.16. The molecule has 24 heavy (non-hydrogen) atoms. The number of aryl methyl sites for hydroxylation is 2. The first-order valence-corrected chi connectivity index (χ1v) is 7.25. The van der Waals surface area contributed by atoms with Crippen molar-refractivity contribution in [3.63, 3.8) is 0 Å². The van der Waals surface area contributed by atoms with E-state index >= 15 is 0 Å². The number of benzene rings is 1. The van der Waals surface area contributed by atoms with Crippen LogP contribution in [0.25, 0.3) is 0 Å². The molecule has 2 N–H and O–H groups in total. The summed E-state index contributed by atoms with van der Waals surface area (Å²) in [7, 11) is 4.63. The first-order valence-electron chi connectivity index (χ1n) is 7.25. The summed E-state index contributed by atoms with van der Waals surface area (Å²) in [6.07, 6.45) is 1.52. The van der Waals surface area contributed by atoms with Gasteiger partial charge in [-0.25, -0.2) is 0 Å². The summed E-state index contributed by atoms with van der Waals surface area (Å²) in [4.78, 5) is 24.2. The van der Waals surface area contributed by atoms with Crippen LogP contribution in [0.5, 0.6) is 11.6 Å². The van der Waals surface area contributed by atoms with Crippen LogP contribution in [0.1, 0.15) is 15.9 Å². The van der Waals surface area contributed by atoms with Crippen molar-refractivity contribution in [2.45, 2.75) is 6.92 Å². The summed E-state index contributed by atoms with van der Waals surface area (Å²) in [6.45, 7) is 1.72. The fourth-order valence-corrected chi connectivity index (χ4v) is 2.14. The molecule has 2 amide bonds. The average Bonchev–Trinajstić information content (AvgIpc) is 2.94. The summed E-state index contributed by atoms with van der Waals surface area (Å²) >= 11 is 0. The van der Waals surface area contributed by atoms with Gasteiger partial charge >= 0.3 is 0 Å². The van der Waals surface area contributed by atoms with Gasteiger partial charge in [-0.2, -0.15) is 0 Å². The number of hydrogen-bond acceptors (Lipinski definition) is 5. The summed E-state index contributed by atoms with van der Waals surface area (Å²) in [5.41, 5.74) is 1.80. The molecular weight excluding hydrogens is 312 g/mol. The Kier molecular flexibility index (Phi) is 5.41. The zero-order valence-electron chi connectivity index (χ0n) is 14.0. The van der Waals surface area contributed by atoms with E-state index in [4.69, 9.17) is 9.47 Å². The maximum atomic E-state index is 12.1. The fourth-order valence-electron chi connectivity index (χ4n) is 2.14. The third kappa shape index (κ3) is 4.03. The van der Waals surface area contributed by atoms with Crippen molar-refractivity contribution in [1.29, 1.82) is 0 Å². The zero-order valence-corrected chi connectivity index (χ0v) is 14.0. The number of carbonyl (C=O) groups excluding carboxylic acids is 2. The lowest BCUT2D eigenvalue weighted by atomic mass is 10.2. The molecule has 2 aromatic rings. The van der Waals surface area contributed by atoms with Gasteiger partial charge in [0, 0.05) is 13.2 Å². The molecule has 1 heterocycles. The van der Waals surface area contributed by atoms with E-state index in [1.807, 2.05) is 13.0 Å². The summed E-state index contributed by atoms with van der Waals surface area (Å²) in [6, 6.07) is 5.44. The maximum Gasteiger partial charge on any atom is 0.258 e. The SMILES string of the molecule is COc1ccc(C)cc1NC(=O)CNC(=O)c1cn(C)nc1OC. The lowest BCUT2D eigenvalue weighted by Crippen LogP contribution is -2.33. The summed E-state index contributed by atoms with van der Waals surface area (Å²) in [5, 5.41) is 9.24. The molecule has 0 spiro atoms. The fraction of sp³-hybridized carbons (Fsp3) is 0.312. The van der Waals surface area contributed by atoms with Crippen LogP contribution in [-0.2, 0) is 11.8 Å². The van der Waals surface area contributed by atoms with Gasteiger partial charge < -0.3 is 20.1 Å². The second kappa shape index (κ2) is 7.49. The molecule has 1 aromatic carbocycles. The van der Waals surface area contributed by atoms with Crippen molar-refractivity contribution in [2.75, 3.05) is 26.1 Å². The molecule has 0 saturated heterocycles.